The Morgan fingerprint density at radius 2 is 1.93 bits per heavy atom. The number of nitrogens with zero attached hydrogens (tertiary/aromatic N) is 1. The summed E-state index contributed by atoms with van der Waals surface area (Å²) in [6.07, 6.45) is 4.78. The van der Waals surface area contributed by atoms with E-state index >= 15 is 0 Å². The standard InChI is InChI=1S/C22H24N2O4/c1-27-19-9-8-16(12-20(19)28-17-4-2-3-5-17)24-13-15-7-6-14(11-21(23)25)10-18(15)22(24)26/h6-10,12,17H,2-5,11,13H2,1H3,(H2,23,25). The fourth-order valence-electron chi connectivity index (χ4n) is 3.98. The third-order valence-electron chi connectivity index (χ3n) is 5.41. The van der Waals surface area contributed by atoms with Gasteiger partial charge >= 0.3 is 0 Å². The first kappa shape index (κ1) is 18.3. The zero-order valence-corrected chi connectivity index (χ0v) is 15.9. The maximum atomic E-state index is 13.0. The van der Waals surface area contributed by atoms with Crippen molar-refractivity contribution in [3.63, 3.8) is 0 Å². The van der Waals surface area contributed by atoms with Gasteiger partial charge in [-0.25, -0.2) is 0 Å². The summed E-state index contributed by atoms with van der Waals surface area (Å²) < 4.78 is 11.6. The molecule has 28 heavy (non-hydrogen) atoms. The summed E-state index contributed by atoms with van der Waals surface area (Å²) >= 11 is 0. The quantitative estimate of drug-likeness (QED) is 0.834. The second-order valence-corrected chi connectivity index (χ2v) is 7.39. The van der Waals surface area contributed by atoms with Crippen LogP contribution in [-0.2, 0) is 17.8 Å². The summed E-state index contributed by atoms with van der Waals surface area (Å²) in [6, 6.07) is 11.1. The van der Waals surface area contributed by atoms with Crippen molar-refractivity contribution in [2.24, 2.45) is 5.73 Å². The number of hydrogen-bond donors (Lipinski definition) is 1. The van der Waals surface area contributed by atoms with Gasteiger partial charge in [0.2, 0.25) is 5.91 Å². The van der Waals surface area contributed by atoms with E-state index in [1.165, 1.54) is 12.8 Å². The summed E-state index contributed by atoms with van der Waals surface area (Å²) in [7, 11) is 1.62. The van der Waals surface area contributed by atoms with Crippen LogP contribution in [0.1, 0.15) is 47.2 Å². The Bertz CT molecular complexity index is 919. The number of nitrogens with two attached hydrogens (primary N) is 1. The highest BCUT2D eigenvalue weighted by molar-refractivity contribution is 6.10. The van der Waals surface area contributed by atoms with Crippen LogP contribution in [0.2, 0.25) is 0 Å². The van der Waals surface area contributed by atoms with Gasteiger partial charge in [0.25, 0.3) is 5.91 Å². The molecule has 0 atom stereocenters. The molecule has 1 aliphatic carbocycles. The number of carbonyl (C=O) groups is 2. The lowest BCUT2D eigenvalue weighted by Gasteiger charge is -2.20. The first-order valence-corrected chi connectivity index (χ1v) is 9.62. The van der Waals surface area contributed by atoms with Gasteiger partial charge < -0.3 is 20.1 Å². The Kier molecular flexibility index (Phi) is 4.94. The van der Waals surface area contributed by atoms with Gasteiger partial charge in [-0.1, -0.05) is 12.1 Å². The zero-order valence-electron chi connectivity index (χ0n) is 15.9. The Morgan fingerprint density at radius 3 is 2.64 bits per heavy atom. The molecule has 0 saturated heterocycles. The Balaban J connectivity index is 1.60. The molecule has 146 valence electrons. The summed E-state index contributed by atoms with van der Waals surface area (Å²) in [5.74, 6) is 0.845. The largest absolute Gasteiger partial charge is 0.493 e. The molecule has 0 bridgehead atoms. The van der Waals surface area contributed by atoms with Gasteiger partial charge in [0.05, 0.1) is 26.2 Å². The van der Waals surface area contributed by atoms with Gasteiger partial charge in [-0.15, -0.1) is 0 Å². The van der Waals surface area contributed by atoms with E-state index < -0.39 is 5.91 Å². The van der Waals surface area contributed by atoms with Crippen LogP contribution >= 0.6 is 0 Å². The van der Waals surface area contributed by atoms with Gasteiger partial charge in [0, 0.05) is 17.3 Å². The molecule has 0 radical (unpaired) electrons. The molecule has 2 aliphatic rings. The number of methoxy groups -OCH3 is 1. The number of benzene rings is 2. The molecule has 1 aliphatic heterocycles. The van der Waals surface area contributed by atoms with E-state index in [1.807, 2.05) is 30.3 Å². The smallest absolute Gasteiger partial charge is 0.258 e. The van der Waals surface area contributed by atoms with Crippen molar-refractivity contribution >= 4 is 17.5 Å². The topological polar surface area (TPSA) is 81.9 Å². The molecule has 4 rings (SSSR count). The first-order chi connectivity index (χ1) is 13.5. The van der Waals surface area contributed by atoms with Crippen molar-refractivity contribution in [3.05, 3.63) is 53.1 Å². The lowest BCUT2D eigenvalue weighted by atomic mass is 10.0. The van der Waals surface area contributed by atoms with E-state index in [4.69, 9.17) is 15.2 Å². The number of rotatable bonds is 6. The second kappa shape index (κ2) is 7.54. The Morgan fingerprint density at radius 1 is 1.14 bits per heavy atom. The maximum absolute atomic E-state index is 13.0. The van der Waals surface area contributed by atoms with Crippen LogP contribution < -0.4 is 20.1 Å². The minimum Gasteiger partial charge on any atom is -0.493 e. The van der Waals surface area contributed by atoms with Crippen LogP contribution in [0.15, 0.2) is 36.4 Å². The second-order valence-electron chi connectivity index (χ2n) is 7.39. The highest BCUT2D eigenvalue weighted by Gasteiger charge is 2.30. The van der Waals surface area contributed by atoms with Crippen molar-refractivity contribution in [1.82, 2.24) is 0 Å². The van der Waals surface area contributed by atoms with Gasteiger partial charge in [0.15, 0.2) is 11.5 Å². The van der Waals surface area contributed by atoms with Crippen LogP contribution in [0.3, 0.4) is 0 Å². The molecular formula is C22H24N2O4. The van der Waals surface area contributed by atoms with Gasteiger partial charge in [-0.2, -0.15) is 0 Å². The maximum Gasteiger partial charge on any atom is 0.258 e. The number of primary amides is 1. The number of ether oxygens (including phenoxy) is 2. The molecule has 0 aromatic heterocycles. The predicted molar refractivity (Wildman–Crippen MR) is 106 cm³/mol. The fourth-order valence-corrected chi connectivity index (χ4v) is 3.98. The molecule has 2 aromatic rings. The monoisotopic (exact) mass is 380 g/mol. The van der Waals surface area contributed by atoms with E-state index in [9.17, 15) is 9.59 Å². The summed E-state index contributed by atoms with van der Waals surface area (Å²) in [4.78, 5) is 25.9. The molecule has 1 fully saturated rings. The normalized spacial score (nSPS) is 16.3. The molecule has 1 heterocycles. The van der Waals surface area contributed by atoms with Crippen molar-refractivity contribution in [1.29, 1.82) is 0 Å². The number of amides is 2. The van der Waals surface area contributed by atoms with Gasteiger partial charge in [-0.3, -0.25) is 9.59 Å². The molecule has 0 spiro atoms. The van der Waals surface area contributed by atoms with Crippen LogP contribution in [0.25, 0.3) is 0 Å². The third kappa shape index (κ3) is 3.54. The number of hydrogen-bond acceptors (Lipinski definition) is 4. The molecular weight excluding hydrogens is 356 g/mol. The Hall–Kier alpha value is -3.02. The third-order valence-corrected chi connectivity index (χ3v) is 5.41. The van der Waals surface area contributed by atoms with E-state index in [2.05, 4.69) is 0 Å². The van der Waals surface area contributed by atoms with Crippen LogP contribution in [0.4, 0.5) is 5.69 Å². The molecule has 6 heteroatoms. The average molecular weight is 380 g/mol. The Labute approximate surface area is 164 Å². The zero-order chi connectivity index (χ0) is 19.7. The average Bonchev–Trinajstić information content (AvgIpc) is 3.29. The van der Waals surface area contributed by atoms with Gasteiger partial charge in [0.1, 0.15) is 0 Å². The van der Waals surface area contributed by atoms with Crippen molar-refractivity contribution in [2.75, 3.05) is 12.0 Å². The number of carbonyl (C=O) groups excluding carboxylic acids is 2. The van der Waals surface area contributed by atoms with E-state index in [-0.39, 0.29) is 18.4 Å². The van der Waals surface area contributed by atoms with Gasteiger partial charge in [-0.05, 0) is 55.0 Å². The molecule has 2 amide bonds. The number of fused-ring (bicyclic) bond motifs is 1. The van der Waals surface area contributed by atoms with Crippen LogP contribution in [0.5, 0.6) is 11.5 Å². The van der Waals surface area contributed by atoms with E-state index in [1.54, 1.807) is 18.1 Å². The predicted octanol–water partition coefficient (Wildman–Crippen LogP) is 3.20. The molecule has 2 N–H and O–H groups in total. The highest BCUT2D eigenvalue weighted by atomic mass is 16.5. The highest BCUT2D eigenvalue weighted by Crippen LogP contribution is 2.37. The van der Waals surface area contributed by atoms with Crippen molar-refractivity contribution < 1.29 is 19.1 Å². The minimum absolute atomic E-state index is 0.0849. The minimum atomic E-state index is -0.411. The first-order valence-electron chi connectivity index (χ1n) is 9.62. The molecule has 2 aromatic carbocycles. The molecule has 1 saturated carbocycles. The lowest BCUT2D eigenvalue weighted by Crippen LogP contribution is -2.23. The van der Waals surface area contributed by atoms with E-state index in [0.717, 1.165) is 29.7 Å². The number of anilines is 1. The summed E-state index contributed by atoms with van der Waals surface area (Å²) in [6.45, 7) is 0.486. The lowest BCUT2D eigenvalue weighted by molar-refractivity contribution is -0.117. The van der Waals surface area contributed by atoms with Crippen LogP contribution in [-0.4, -0.2) is 25.0 Å². The fraction of sp³-hybridized carbons (Fsp3) is 0.364. The van der Waals surface area contributed by atoms with E-state index in [0.29, 0.717) is 23.6 Å². The van der Waals surface area contributed by atoms with Crippen molar-refractivity contribution in [2.45, 2.75) is 44.8 Å². The molecule has 6 nitrogen and oxygen atoms in total. The van der Waals surface area contributed by atoms with Crippen LogP contribution in [0, 0.1) is 0 Å². The SMILES string of the molecule is COc1ccc(N2Cc3ccc(CC(N)=O)cc3C2=O)cc1OC1CCCC1. The summed E-state index contributed by atoms with van der Waals surface area (Å²) in [5.41, 5.74) is 8.35. The molecule has 0 unspecified atom stereocenters. The summed E-state index contributed by atoms with van der Waals surface area (Å²) in [5, 5.41) is 0. The van der Waals surface area contributed by atoms with Crippen molar-refractivity contribution in [3.8, 4) is 11.5 Å².